The van der Waals surface area contributed by atoms with Gasteiger partial charge in [-0.15, -0.1) is 0 Å². The van der Waals surface area contributed by atoms with Gasteiger partial charge in [-0.25, -0.2) is 4.98 Å². The van der Waals surface area contributed by atoms with Crippen LogP contribution in [0.25, 0.3) is 11.0 Å². The topological polar surface area (TPSA) is 37.9 Å². The third-order valence-corrected chi connectivity index (χ3v) is 5.15. The number of ether oxygens (including phenoxy) is 1. The summed E-state index contributed by atoms with van der Waals surface area (Å²) in [7, 11) is 0. The molecule has 0 amide bonds. The molecule has 0 bridgehead atoms. The lowest BCUT2D eigenvalue weighted by molar-refractivity contribution is 0.102. The van der Waals surface area contributed by atoms with Crippen molar-refractivity contribution in [2.45, 2.75) is 83.2 Å². The third kappa shape index (κ3) is 5.62. The van der Waals surface area contributed by atoms with Gasteiger partial charge < -0.3 is 9.72 Å². The number of imidazole rings is 1. The van der Waals surface area contributed by atoms with E-state index in [0.29, 0.717) is 6.10 Å². The van der Waals surface area contributed by atoms with Crippen LogP contribution in [0.5, 0.6) is 0 Å². The average Bonchev–Trinajstić information content (AvgIpc) is 3.25. The highest BCUT2D eigenvalue weighted by Crippen LogP contribution is 2.19. The molecule has 1 aliphatic heterocycles. The molecule has 0 saturated carbocycles. The lowest BCUT2D eigenvalue weighted by Gasteiger charge is -2.08. The van der Waals surface area contributed by atoms with Gasteiger partial charge in [0, 0.05) is 13.0 Å². The monoisotopic (exact) mass is 328 g/mol. The SMILES string of the molecule is c1ccc2[nH]c(CCCCCCCCCCC3CCCO3)nc2c1. The first-order chi connectivity index (χ1) is 11.9. The van der Waals surface area contributed by atoms with Gasteiger partial charge in [-0.3, -0.25) is 0 Å². The summed E-state index contributed by atoms with van der Waals surface area (Å²) in [6, 6.07) is 8.29. The molecule has 1 atom stereocenters. The van der Waals surface area contributed by atoms with Gasteiger partial charge in [0.1, 0.15) is 5.82 Å². The van der Waals surface area contributed by atoms with Crippen LogP contribution in [0.3, 0.4) is 0 Å². The van der Waals surface area contributed by atoms with Crippen LogP contribution >= 0.6 is 0 Å². The molecule has 1 aliphatic rings. The molecular formula is C21H32N2O. The largest absolute Gasteiger partial charge is 0.378 e. The minimum Gasteiger partial charge on any atom is -0.378 e. The Kier molecular flexibility index (Phi) is 7.15. The summed E-state index contributed by atoms with van der Waals surface area (Å²) in [6.07, 6.45) is 16.4. The number of H-pyrrole nitrogens is 1. The molecule has 3 heteroatoms. The summed E-state index contributed by atoms with van der Waals surface area (Å²) in [5.41, 5.74) is 2.26. The summed E-state index contributed by atoms with van der Waals surface area (Å²) >= 11 is 0. The van der Waals surface area contributed by atoms with Crippen molar-refractivity contribution in [3.63, 3.8) is 0 Å². The van der Waals surface area contributed by atoms with E-state index in [0.717, 1.165) is 29.9 Å². The molecule has 2 heterocycles. The predicted molar refractivity (Wildman–Crippen MR) is 100 cm³/mol. The van der Waals surface area contributed by atoms with Crippen LogP contribution < -0.4 is 0 Å². The minimum absolute atomic E-state index is 0.586. The lowest BCUT2D eigenvalue weighted by Crippen LogP contribution is -2.03. The van der Waals surface area contributed by atoms with Crippen molar-refractivity contribution in [3.05, 3.63) is 30.1 Å². The molecule has 24 heavy (non-hydrogen) atoms. The van der Waals surface area contributed by atoms with Crippen LogP contribution in [0.15, 0.2) is 24.3 Å². The highest BCUT2D eigenvalue weighted by Gasteiger charge is 2.14. The van der Waals surface area contributed by atoms with Crippen molar-refractivity contribution >= 4 is 11.0 Å². The van der Waals surface area contributed by atoms with E-state index < -0.39 is 0 Å². The molecule has 1 aromatic carbocycles. The average molecular weight is 329 g/mol. The molecule has 132 valence electrons. The summed E-state index contributed by atoms with van der Waals surface area (Å²) in [6.45, 7) is 0.999. The fourth-order valence-electron chi connectivity index (χ4n) is 3.72. The van der Waals surface area contributed by atoms with Crippen LogP contribution in [0.2, 0.25) is 0 Å². The molecular weight excluding hydrogens is 296 g/mol. The van der Waals surface area contributed by atoms with E-state index >= 15 is 0 Å². The van der Waals surface area contributed by atoms with Crippen molar-refractivity contribution in [1.82, 2.24) is 9.97 Å². The molecule has 0 spiro atoms. The molecule has 1 unspecified atom stereocenters. The first-order valence-electron chi connectivity index (χ1n) is 9.97. The number of aryl methyl sites for hydroxylation is 1. The zero-order valence-corrected chi connectivity index (χ0v) is 14.9. The van der Waals surface area contributed by atoms with Crippen LogP contribution in [0, 0.1) is 0 Å². The number of benzene rings is 1. The summed E-state index contributed by atoms with van der Waals surface area (Å²) in [5.74, 6) is 1.14. The van der Waals surface area contributed by atoms with Gasteiger partial charge in [0.05, 0.1) is 17.1 Å². The molecule has 0 aliphatic carbocycles. The highest BCUT2D eigenvalue weighted by molar-refractivity contribution is 5.74. The number of hydrogen-bond acceptors (Lipinski definition) is 2. The van der Waals surface area contributed by atoms with E-state index in [1.165, 1.54) is 70.6 Å². The maximum absolute atomic E-state index is 5.67. The Morgan fingerprint density at radius 2 is 1.71 bits per heavy atom. The van der Waals surface area contributed by atoms with Crippen LogP contribution in [-0.4, -0.2) is 22.7 Å². The number of aromatic amines is 1. The lowest BCUT2D eigenvalue weighted by atomic mass is 10.0. The van der Waals surface area contributed by atoms with Gasteiger partial charge in [0.15, 0.2) is 0 Å². The van der Waals surface area contributed by atoms with Crippen molar-refractivity contribution in [3.8, 4) is 0 Å². The molecule has 1 N–H and O–H groups in total. The van der Waals surface area contributed by atoms with Crippen molar-refractivity contribution < 1.29 is 4.74 Å². The van der Waals surface area contributed by atoms with Crippen LogP contribution in [0.1, 0.15) is 76.5 Å². The van der Waals surface area contributed by atoms with Crippen LogP contribution in [0.4, 0.5) is 0 Å². The molecule has 3 nitrogen and oxygen atoms in total. The number of para-hydroxylation sites is 2. The Balaban J connectivity index is 1.16. The number of nitrogens with one attached hydrogen (secondary N) is 1. The standard InChI is InChI=1S/C21H32N2O/c1(3-5-7-12-18-13-11-17-24-18)2-4-6-8-16-21-22-19-14-9-10-15-20(19)23-21/h9-10,14-15,18H,1-8,11-13,16-17H2,(H,22,23). The number of hydrogen-bond donors (Lipinski definition) is 1. The van der Waals surface area contributed by atoms with E-state index in [2.05, 4.69) is 28.2 Å². The van der Waals surface area contributed by atoms with Gasteiger partial charge in [0.2, 0.25) is 0 Å². The number of nitrogens with zero attached hydrogens (tertiary/aromatic N) is 1. The zero-order chi connectivity index (χ0) is 16.5. The highest BCUT2D eigenvalue weighted by atomic mass is 16.5. The quantitative estimate of drug-likeness (QED) is 0.530. The van der Waals surface area contributed by atoms with Crippen molar-refractivity contribution in [1.29, 1.82) is 0 Å². The third-order valence-electron chi connectivity index (χ3n) is 5.15. The van der Waals surface area contributed by atoms with Gasteiger partial charge in [-0.05, 0) is 37.8 Å². The normalized spacial score (nSPS) is 17.8. The predicted octanol–water partition coefficient (Wildman–Crippen LogP) is 5.80. The molecule has 3 rings (SSSR count). The second-order valence-electron chi connectivity index (χ2n) is 7.20. The van der Waals surface area contributed by atoms with Gasteiger partial charge in [-0.1, -0.05) is 57.1 Å². The summed E-state index contributed by atoms with van der Waals surface area (Å²) in [5, 5.41) is 0. The van der Waals surface area contributed by atoms with Gasteiger partial charge in [0.25, 0.3) is 0 Å². The molecule has 1 fully saturated rings. The van der Waals surface area contributed by atoms with E-state index in [4.69, 9.17) is 4.74 Å². The van der Waals surface area contributed by atoms with E-state index in [-0.39, 0.29) is 0 Å². The molecule has 0 radical (unpaired) electrons. The van der Waals surface area contributed by atoms with E-state index in [1.807, 2.05) is 6.07 Å². The van der Waals surface area contributed by atoms with E-state index in [9.17, 15) is 0 Å². The fraction of sp³-hybridized carbons (Fsp3) is 0.667. The second kappa shape index (κ2) is 9.83. The van der Waals surface area contributed by atoms with E-state index in [1.54, 1.807) is 0 Å². The molecule has 1 aromatic heterocycles. The van der Waals surface area contributed by atoms with Crippen molar-refractivity contribution in [2.75, 3.05) is 6.61 Å². The number of unbranched alkanes of at least 4 members (excludes halogenated alkanes) is 7. The Bertz CT molecular complexity index is 553. The first kappa shape index (κ1) is 17.5. The molecule has 2 aromatic rings. The minimum atomic E-state index is 0.586. The fourth-order valence-corrected chi connectivity index (χ4v) is 3.72. The summed E-state index contributed by atoms with van der Waals surface area (Å²) < 4.78 is 5.67. The summed E-state index contributed by atoms with van der Waals surface area (Å²) in [4.78, 5) is 8.07. The van der Waals surface area contributed by atoms with Gasteiger partial charge >= 0.3 is 0 Å². The maximum Gasteiger partial charge on any atom is 0.107 e. The Morgan fingerprint density at radius 1 is 0.958 bits per heavy atom. The second-order valence-corrected chi connectivity index (χ2v) is 7.20. The smallest absolute Gasteiger partial charge is 0.107 e. The first-order valence-corrected chi connectivity index (χ1v) is 9.97. The Labute approximate surface area is 146 Å². The van der Waals surface area contributed by atoms with Crippen molar-refractivity contribution in [2.24, 2.45) is 0 Å². The Morgan fingerprint density at radius 3 is 2.46 bits per heavy atom. The number of fused-ring (bicyclic) bond motifs is 1. The number of rotatable bonds is 11. The van der Waals surface area contributed by atoms with Crippen LogP contribution in [-0.2, 0) is 11.2 Å². The molecule has 1 saturated heterocycles. The van der Waals surface area contributed by atoms with Gasteiger partial charge in [-0.2, -0.15) is 0 Å². The maximum atomic E-state index is 5.67. The zero-order valence-electron chi connectivity index (χ0n) is 14.9. The Hall–Kier alpha value is -1.35. The number of aromatic nitrogens is 2.